The third-order valence-electron chi connectivity index (χ3n) is 3.00. The standard InChI is InChI=1S/C16H11FINS/c17-13-8-16(15(19)9-14(13)18)20-12-6-5-10-3-1-2-4-11(10)7-12/h1-9H,19H2. The molecule has 0 heterocycles. The van der Waals surface area contributed by atoms with Gasteiger partial charge in [0, 0.05) is 15.5 Å². The Balaban J connectivity index is 1.99. The molecule has 0 saturated carbocycles. The number of fused-ring (bicyclic) bond motifs is 1. The molecule has 100 valence electrons. The highest BCUT2D eigenvalue weighted by Gasteiger charge is 2.08. The van der Waals surface area contributed by atoms with E-state index in [0.717, 1.165) is 9.79 Å². The molecule has 3 rings (SSSR count). The van der Waals surface area contributed by atoms with Crippen LogP contribution >= 0.6 is 34.4 Å². The molecule has 0 saturated heterocycles. The molecule has 0 spiro atoms. The Morgan fingerprint density at radius 1 is 0.950 bits per heavy atom. The molecule has 2 N–H and O–H groups in total. The quantitative estimate of drug-likeness (QED) is 0.470. The Hall–Kier alpha value is -1.27. The van der Waals surface area contributed by atoms with Gasteiger partial charge in [0.1, 0.15) is 5.82 Å². The van der Waals surface area contributed by atoms with Crippen molar-refractivity contribution in [2.24, 2.45) is 0 Å². The predicted molar refractivity (Wildman–Crippen MR) is 91.6 cm³/mol. The average Bonchev–Trinajstić information content (AvgIpc) is 2.44. The van der Waals surface area contributed by atoms with E-state index in [-0.39, 0.29) is 5.82 Å². The molecule has 4 heteroatoms. The molecular weight excluding hydrogens is 384 g/mol. The predicted octanol–water partition coefficient (Wildman–Crippen LogP) is 5.32. The van der Waals surface area contributed by atoms with Crippen LogP contribution in [0.5, 0.6) is 0 Å². The van der Waals surface area contributed by atoms with Crippen molar-refractivity contribution in [1.82, 2.24) is 0 Å². The van der Waals surface area contributed by atoms with Gasteiger partial charge in [0.15, 0.2) is 0 Å². The minimum atomic E-state index is -0.233. The summed E-state index contributed by atoms with van der Waals surface area (Å²) < 4.78 is 14.2. The molecule has 1 nitrogen and oxygen atoms in total. The van der Waals surface area contributed by atoms with E-state index >= 15 is 0 Å². The molecular formula is C16H11FINS. The van der Waals surface area contributed by atoms with E-state index in [4.69, 9.17) is 5.73 Å². The van der Waals surface area contributed by atoms with E-state index in [0.29, 0.717) is 9.26 Å². The van der Waals surface area contributed by atoms with Crippen molar-refractivity contribution in [3.63, 3.8) is 0 Å². The number of halogens is 2. The fraction of sp³-hybridized carbons (Fsp3) is 0. The number of anilines is 1. The van der Waals surface area contributed by atoms with Gasteiger partial charge in [-0.05, 0) is 57.6 Å². The minimum absolute atomic E-state index is 0.233. The van der Waals surface area contributed by atoms with Crippen LogP contribution in [0.25, 0.3) is 10.8 Å². The Bertz CT molecular complexity index is 789. The second kappa shape index (κ2) is 5.61. The maximum atomic E-state index is 13.6. The summed E-state index contributed by atoms with van der Waals surface area (Å²) in [6.45, 7) is 0. The fourth-order valence-corrected chi connectivity index (χ4v) is 3.40. The first-order valence-corrected chi connectivity index (χ1v) is 7.94. The van der Waals surface area contributed by atoms with Crippen LogP contribution in [0.2, 0.25) is 0 Å². The molecule has 3 aromatic carbocycles. The second-order valence-corrected chi connectivity index (χ2v) is 6.69. The minimum Gasteiger partial charge on any atom is -0.398 e. The molecule has 0 aliphatic carbocycles. The highest BCUT2D eigenvalue weighted by atomic mass is 127. The first kappa shape index (κ1) is 13.7. The number of benzene rings is 3. The first-order valence-electron chi connectivity index (χ1n) is 6.04. The van der Waals surface area contributed by atoms with Crippen molar-refractivity contribution in [1.29, 1.82) is 0 Å². The summed E-state index contributed by atoms with van der Waals surface area (Å²) in [6, 6.07) is 17.5. The number of nitrogen functional groups attached to an aromatic ring is 1. The van der Waals surface area contributed by atoms with Crippen LogP contribution in [-0.4, -0.2) is 0 Å². The maximum absolute atomic E-state index is 13.6. The Kier molecular flexibility index (Phi) is 3.85. The molecule has 0 bridgehead atoms. The highest BCUT2D eigenvalue weighted by Crippen LogP contribution is 2.35. The third-order valence-corrected chi connectivity index (χ3v) is 4.89. The van der Waals surface area contributed by atoms with Gasteiger partial charge in [0.2, 0.25) is 0 Å². The summed E-state index contributed by atoms with van der Waals surface area (Å²) in [6.07, 6.45) is 0. The molecule has 0 radical (unpaired) electrons. The molecule has 0 aliphatic heterocycles. The summed E-state index contributed by atoms with van der Waals surface area (Å²) >= 11 is 3.43. The summed E-state index contributed by atoms with van der Waals surface area (Å²) in [4.78, 5) is 1.80. The van der Waals surface area contributed by atoms with Crippen LogP contribution in [0.15, 0.2) is 64.4 Å². The van der Waals surface area contributed by atoms with Gasteiger partial charge in [-0.1, -0.05) is 42.1 Å². The van der Waals surface area contributed by atoms with Crippen LogP contribution < -0.4 is 5.73 Å². The number of hydrogen-bond donors (Lipinski definition) is 1. The molecule has 20 heavy (non-hydrogen) atoms. The van der Waals surface area contributed by atoms with Gasteiger partial charge in [-0.25, -0.2) is 4.39 Å². The molecule has 0 fully saturated rings. The van der Waals surface area contributed by atoms with Gasteiger partial charge in [-0.3, -0.25) is 0 Å². The smallest absolute Gasteiger partial charge is 0.137 e. The molecule has 0 atom stereocenters. The van der Waals surface area contributed by atoms with Gasteiger partial charge in [-0.2, -0.15) is 0 Å². The monoisotopic (exact) mass is 395 g/mol. The Morgan fingerprint density at radius 3 is 2.50 bits per heavy atom. The molecule has 0 amide bonds. The van der Waals surface area contributed by atoms with Gasteiger partial charge in [0.25, 0.3) is 0 Å². The molecule has 3 aromatic rings. The lowest BCUT2D eigenvalue weighted by atomic mass is 10.1. The SMILES string of the molecule is Nc1cc(I)c(F)cc1Sc1ccc2ccccc2c1. The zero-order valence-electron chi connectivity index (χ0n) is 10.4. The van der Waals surface area contributed by atoms with Gasteiger partial charge < -0.3 is 5.73 Å². The zero-order chi connectivity index (χ0) is 14.1. The van der Waals surface area contributed by atoms with E-state index in [2.05, 4.69) is 24.3 Å². The van der Waals surface area contributed by atoms with Crippen LogP contribution in [0.4, 0.5) is 10.1 Å². The lowest BCUT2D eigenvalue weighted by Gasteiger charge is -2.08. The Morgan fingerprint density at radius 2 is 1.70 bits per heavy atom. The van der Waals surface area contributed by atoms with Crippen molar-refractivity contribution in [2.45, 2.75) is 9.79 Å². The van der Waals surface area contributed by atoms with E-state index < -0.39 is 0 Å². The number of nitrogens with two attached hydrogens (primary N) is 1. The first-order chi connectivity index (χ1) is 9.63. The Labute approximate surface area is 134 Å². The van der Waals surface area contributed by atoms with E-state index in [9.17, 15) is 4.39 Å². The summed E-state index contributed by atoms with van der Waals surface area (Å²) in [5, 5.41) is 2.36. The summed E-state index contributed by atoms with van der Waals surface area (Å²) in [5.41, 5.74) is 6.56. The van der Waals surface area contributed by atoms with Crippen LogP contribution in [0.3, 0.4) is 0 Å². The lowest BCUT2D eigenvalue weighted by Crippen LogP contribution is -1.92. The normalized spacial score (nSPS) is 10.9. The average molecular weight is 395 g/mol. The van der Waals surface area contributed by atoms with Gasteiger partial charge in [-0.15, -0.1) is 0 Å². The van der Waals surface area contributed by atoms with Crippen molar-refractivity contribution in [3.8, 4) is 0 Å². The van der Waals surface area contributed by atoms with Crippen LogP contribution in [-0.2, 0) is 0 Å². The van der Waals surface area contributed by atoms with Crippen LogP contribution in [0.1, 0.15) is 0 Å². The van der Waals surface area contributed by atoms with Crippen LogP contribution in [0, 0.1) is 9.39 Å². The lowest BCUT2D eigenvalue weighted by molar-refractivity contribution is 0.617. The van der Waals surface area contributed by atoms with E-state index in [1.165, 1.54) is 28.6 Å². The third kappa shape index (κ3) is 2.76. The van der Waals surface area contributed by atoms with Crippen molar-refractivity contribution in [2.75, 3.05) is 5.73 Å². The topological polar surface area (TPSA) is 26.0 Å². The van der Waals surface area contributed by atoms with Crippen molar-refractivity contribution >= 4 is 50.8 Å². The number of hydrogen-bond acceptors (Lipinski definition) is 2. The molecule has 0 aliphatic rings. The fourth-order valence-electron chi connectivity index (χ4n) is 1.99. The van der Waals surface area contributed by atoms with E-state index in [1.807, 2.05) is 40.8 Å². The second-order valence-electron chi connectivity index (χ2n) is 4.42. The maximum Gasteiger partial charge on any atom is 0.137 e. The van der Waals surface area contributed by atoms with Gasteiger partial charge in [0.05, 0.1) is 3.57 Å². The zero-order valence-corrected chi connectivity index (χ0v) is 13.4. The molecule has 0 aromatic heterocycles. The largest absolute Gasteiger partial charge is 0.398 e. The van der Waals surface area contributed by atoms with E-state index in [1.54, 1.807) is 6.07 Å². The number of rotatable bonds is 2. The van der Waals surface area contributed by atoms with Crippen molar-refractivity contribution < 1.29 is 4.39 Å². The van der Waals surface area contributed by atoms with Gasteiger partial charge >= 0.3 is 0 Å². The highest BCUT2D eigenvalue weighted by molar-refractivity contribution is 14.1. The summed E-state index contributed by atoms with van der Waals surface area (Å²) in [5.74, 6) is -0.233. The van der Waals surface area contributed by atoms with Crippen molar-refractivity contribution in [3.05, 3.63) is 64.0 Å². The summed E-state index contributed by atoms with van der Waals surface area (Å²) in [7, 11) is 0. The molecule has 0 unspecified atom stereocenters.